The summed E-state index contributed by atoms with van der Waals surface area (Å²) in [5, 5.41) is 29.2. The van der Waals surface area contributed by atoms with Gasteiger partial charge in [0.2, 0.25) is 0 Å². The second-order valence-electron chi connectivity index (χ2n) is 15.3. The Kier molecular flexibility index (Phi) is 9.81. The standard InChI is InChI=1S/C42H47N3O5S/c1-27-37(26-51-38-8-4-5-17-45(38)48)49-40(50-39(27)33-11-9-28(25-46)10-12-33)34-15-13-32(14-16-34)36-7-3-2-6-35(36)24-43-41(47)44-42-21-29-18-30(22-42)20-31(19-29)23-42/h2-17,27,29-31,37,39-40,46H,18-26H2,1H3,(H2,43,44,47)/t27-,29?,30?,31?,37+,39+,40+,42?/m0/s1. The van der Waals surface area contributed by atoms with Crippen LogP contribution in [0.25, 0.3) is 11.1 Å². The van der Waals surface area contributed by atoms with E-state index in [4.69, 9.17) is 9.47 Å². The molecule has 5 fully saturated rings. The largest absolute Gasteiger partial charge is 0.618 e. The van der Waals surface area contributed by atoms with Crippen LogP contribution in [0, 0.1) is 28.9 Å². The first-order valence-electron chi connectivity index (χ1n) is 18.4. The Hall–Kier alpha value is -3.89. The van der Waals surface area contributed by atoms with Crippen LogP contribution in [0.4, 0.5) is 4.79 Å². The Morgan fingerprint density at radius 3 is 2.24 bits per heavy atom. The van der Waals surface area contributed by atoms with Crippen LogP contribution in [0.2, 0.25) is 0 Å². The number of pyridine rings is 1. The molecule has 51 heavy (non-hydrogen) atoms. The molecule has 266 valence electrons. The molecule has 1 aliphatic heterocycles. The van der Waals surface area contributed by atoms with Crippen molar-refractivity contribution in [1.29, 1.82) is 0 Å². The van der Waals surface area contributed by atoms with Gasteiger partial charge in [-0.25, -0.2) is 4.79 Å². The molecule has 4 saturated carbocycles. The molecular formula is C42H47N3O5S. The van der Waals surface area contributed by atoms with Crippen LogP contribution in [-0.2, 0) is 22.6 Å². The topological polar surface area (TPSA) is 107 Å². The smallest absolute Gasteiger partial charge is 0.315 e. The number of carbonyl (C=O) groups excluding carboxylic acids is 1. The molecule has 9 heteroatoms. The van der Waals surface area contributed by atoms with E-state index >= 15 is 0 Å². The van der Waals surface area contributed by atoms with Crippen molar-refractivity contribution < 1.29 is 24.1 Å². The Morgan fingerprint density at radius 1 is 0.882 bits per heavy atom. The summed E-state index contributed by atoms with van der Waals surface area (Å²) >= 11 is 1.48. The number of aromatic nitrogens is 1. The number of carbonyl (C=O) groups is 1. The summed E-state index contributed by atoms with van der Waals surface area (Å²) in [5.41, 5.74) is 5.94. The van der Waals surface area contributed by atoms with Crippen LogP contribution in [0.5, 0.6) is 0 Å². The molecule has 0 radical (unpaired) electrons. The molecule has 8 nitrogen and oxygen atoms in total. The van der Waals surface area contributed by atoms with Gasteiger partial charge in [-0.3, -0.25) is 0 Å². The number of hydrogen-bond donors (Lipinski definition) is 3. The Balaban J connectivity index is 0.967. The lowest BCUT2D eigenvalue weighted by Gasteiger charge is -2.56. The fraction of sp³-hybridized carbons (Fsp3) is 0.429. The minimum atomic E-state index is -0.608. The van der Waals surface area contributed by atoms with Crippen LogP contribution >= 0.6 is 11.8 Å². The minimum absolute atomic E-state index is 0.0105. The first-order chi connectivity index (χ1) is 24.8. The number of aliphatic hydroxyl groups is 1. The highest BCUT2D eigenvalue weighted by Gasteiger charge is 2.51. The number of nitrogens with one attached hydrogen (secondary N) is 2. The van der Waals surface area contributed by atoms with Crippen LogP contribution < -0.4 is 15.4 Å². The van der Waals surface area contributed by atoms with Gasteiger partial charge in [-0.15, -0.1) is 0 Å². The highest BCUT2D eigenvalue weighted by Crippen LogP contribution is 2.55. The second kappa shape index (κ2) is 14.6. The van der Waals surface area contributed by atoms with Crippen molar-refractivity contribution in [2.24, 2.45) is 23.7 Å². The zero-order valence-corrected chi connectivity index (χ0v) is 29.9. The number of hydrogen-bond acceptors (Lipinski definition) is 6. The molecule has 2 amide bonds. The third kappa shape index (κ3) is 7.40. The number of rotatable bonds is 10. The molecule has 4 atom stereocenters. The van der Waals surface area contributed by atoms with E-state index in [2.05, 4.69) is 54.0 Å². The lowest BCUT2D eigenvalue weighted by molar-refractivity contribution is -0.645. The average molecular weight is 706 g/mol. The maximum absolute atomic E-state index is 13.2. The van der Waals surface area contributed by atoms with Crippen molar-refractivity contribution in [3.8, 4) is 11.1 Å². The molecule has 4 bridgehead atoms. The predicted molar refractivity (Wildman–Crippen MR) is 197 cm³/mol. The number of urea groups is 1. The summed E-state index contributed by atoms with van der Waals surface area (Å²) in [7, 11) is 0. The molecule has 4 aliphatic carbocycles. The van der Waals surface area contributed by atoms with Crippen LogP contribution in [0.15, 0.2) is 102 Å². The molecular weight excluding hydrogens is 659 g/mol. The molecule has 3 N–H and O–H groups in total. The maximum Gasteiger partial charge on any atom is 0.315 e. The molecule has 1 saturated heterocycles. The summed E-state index contributed by atoms with van der Waals surface area (Å²) in [4.78, 5) is 13.2. The number of amides is 2. The van der Waals surface area contributed by atoms with Gasteiger partial charge in [0, 0.05) is 41.5 Å². The molecule has 9 rings (SSSR count). The molecule has 0 spiro atoms. The Morgan fingerprint density at radius 2 is 1.55 bits per heavy atom. The van der Waals surface area contributed by atoms with Crippen molar-refractivity contribution in [2.45, 2.75) is 87.7 Å². The molecule has 1 aromatic heterocycles. The van der Waals surface area contributed by atoms with Gasteiger partial charge in [0.25, 0.3) is 5.03 Å². The number of aliphatic hydroxyl groups excluding tert-OH is 1. The average Bonchev–Trinajstić information content (AvgIpc) is 3.14. The van der Waals surface area contributed by atoms with Gasteiger partial charge in [-0.1, -0.05) is 91.5 Å². The van der Waals surface area contributed by atoms with Crippen LogP contribution in [0.3, 0.4) is 0 Å². The molecule has 4 aromatic rings. The van der Waals surface area contributed by atoms with Gasteiger partial charge in [0.05, 0.1) is 18.8 Å². The van der Waals surface area contributed by atoms with Crippen molar-refractivity contribution in [2.75, 3.05) is 5.75 Å². The third-order valence-electron chi connectivity index (χ3n) is 11.7. The highest BCUT2D eigenvalue weighted by atomic mass is 32.2. The van der Waals surface area contributed by atoms with Gasteiger partial charge in [-0.2, -0.15) is 4.73 Å². The summed E-state index contributed by atoms with van der Waals surface area (Å²) in [5.74, 6) is 2.94. The predicted octanol–water partition coefficient (Wildman–Crippen LogP) is 7.83. The summed E-state index contributed by atoms with van der Waals surface area (Å²) < 4.78 is 14.2. The molecule has 0 unspecified atom stereocenters. The van der Waals surface area contributed by atoms with Gasteiger partial charge in [-0.05, 0) is 90.2 Å². The van der Waals surface area contributed by atoms with Gasteiger partial charge < -0.3 is 30.4 Å². The Bertz CT molecular complexity index is 1800. The summed E-state index contributed by atoms with van der Waals surface area (Å²) in [6.45, 7) is 2.56. The van der Waals surface area contributed by atoms with Crippen molar-refractivity contribution >= 4 is 17.8 Å². The maximum atomic E-state index is 13.2. The number of nitrogens with zero attached hydrogens (tertiary/aromatic N) is 1. The molecule has 5 aliphatic rings. The zero-order valence-electron chi connectivity index (χ0n) is 29.1. The van der Waals surface area contributed by atoms with E-state index in [9.17, 15) is 15.1 Å². The van der Waals surface area contributed by atoms with E-state index < -0.39 is 6.29 Å². The van der Waals surface area contributed by atoms with Crippen LogP contribution in [-0.4, -0.2) is 28.5 Å². The van der Waals surface area contributed by atoms with E-state index in [1.165, 1.54) is 37.2 Å². The van der Waals surface area contributed by atoms with Gasteiger partial charge in [0.15, 0.2) is 12.5 Å². The molecule has 2 heterocycles. The second-order valence-corrected chi connectivity index (χ2v) is 16.3. The first-order valence-corrected chi connectivity index (χ1v) is 19.4. The van der Waals surface area contributed by atoms with Gasteiger partial charge >= 0.3 is 6.03 Å². The first kappa shape index (κ1) is 34.2. The van der Waals surface area contributed by atoms with E-state index in [-0.39, 0.29) is 36.3 Å². The Labute approximate surface area is 304 Å². The third-order valence-corrected chi connectivity index (χ3v) is 12.8. The quantitative estimate of drug-likeness (QED) is 0.0883. The molecule has 3 aromatic carbocycles. The fourth-order valence-corrected chi connectivity index (χ4v) is 10.6. The van der Waals surface area contributed by atoms with E-state index in [1.807, 2.05) is 48.5 Å². The summed E-state index contributed by atoms with van der Waals surface area (Å²) in [6.07, 6.45) is 7.92. The van der Waals surface area contributed by atoms with Gasteiger partial charge in [0.1, 0.15) is 0 Å². The zero-order chi connectivity index (χ0) is 35.0. The number of benzene rings is 3. The normalized spacial score (nSPS) is 29.5. The number of ether oxygens (including phenoxy) is 2. The minimum Gasteiger partial charge on any atom is -0.618 e. The number of thioether (sulfide) groups is 1. The fourth-order valence-electron chi connectivity index (χ4n) is 9.50. The van der Waals surface area contributed by atoms with E-state index in [1.54, 1.807) is 6.07 Å². The van der Waals surface area contributed by atoms with Crippen LogP contribution in [0.1, 0.15) is 80.1 Å². The SMILES string of the molecule is C[C@H]1[C@@H](CSc2cccc[n+]2[O-])O[C@@H](c2ccc(-c3ccccc3CNC(=O)NC34CC5CC(CC(C5)C3)C4)cc2)O[C@H]1c1ccc(CO)cc1. The lowest BCUT2D eigenvalue weighted by atomic mass is 9.53. The van der Waals surface area contributed by atoms with Crippen molar-refractivity contribution in [1.82, 2.24) is 10.6 Å². The van der Waals surface area contributed by atoms with Crippen molar-refractivity contribution in [3.05, 3.63) is 125 Å². The van der Waals surface area contributed by atoms with Crippen molar-refractivity contribution in [3.63, 3.8) is 0 Å². The summed E-state index contributed by atoms with van der Waals surface area (Å²) in [6, 6.07) is 29.8. The van der Waals surface area contributed by atoms with E-state index in [0.29, 0.717) is 17.3 Å². The van der Waals surface area contributed by atoms with E-state index in [0.717, 1.165) is 75.1 Å². The lowest BCUT2D eigenvalue weighted by Crippen LogP contribution is -2.61. The monoisotopic (exact) mass is 705 g/mol. The highest BCUT2D eigenvalue weighted by molar-refractivity contribution is 7.99.